The van der Waals surface area contributed by atoms with Crippen LogP contribution < -0.4 is 10.5 Å². The Labute approximate surface area is 109 Å². The Morgan fingerprint density at radius 3 is 2.76 bits per heavy atom. The van der Waals surface area contributed by atoms with Crippen LogP contribution in [-0.2, 0) is 6.54 Å². The lowest BCUT2D eigenvalue weighted by atomic mass is 10.1. The van der Waals surface area contributed by atoms with E-state index in [1.165, 1.54) is 0 Å². The lowest BCUT2D eigenvalue weighted by molar-refractivity contribution is 0.306. The highest BCUT2D eigenvalue weighted by atomic mass is 35.5. The standard InChI is InChI=1S/C13H21ClN2O/c1-10(15)6-7-16(2)9-11-8-12(14)4-5-13(11)17-3/h4-5,8,10H,6-7,9,15H2,1-3H3. The first-order valence-corrected chi connectivity index (χ1v) is 6.17. The Bertz CT molecular complexity index is 355. The van der Waals surface area contributed by atoms with Gasteiger partial charge in [-0.2, -0.15) is 0 Å². The summed E-state index contributed by atoms with van der Waals surface area (Å²) in [6.07, 6.45) is 0.985. The van der Waals surface area contributed by atoms with Gasteiger partial charge in [0.2, 0.25) is 0 Å². The summed E-state index contributed by atoms with van der Waals surface area (Å²) in [4.78, 5) is 2.22. The van der Waals surface area contributed by atoms with Crippen LogP contribution in [0.3, 0.4) is 0 Å². The van der Waals surface area contributed by atoms with Crippen LogP contribution in [0.1, 0.15) is 18.9 Å². The molecule has 3 nitrogen and oxygen atoms in total. The molecular formula is C13H21ClN2O. The van der Waals surface area contributed by atoms with Crippen LogP contribution in [0, 0.1) is 0 Å². The molecule has 96 valence electrons. The van der Waals surface area contributed by atoms with Crippen molar-refractivity contribution in [3.05, 3.63) is 28.8 Å². The molecule has 0 radical (unpaired) electrons. The molecule has 1 unspecified atom stereocenters. The van der Waals surface area contributed by atoms with Gasteiger partial charge in [-0.3, -0.25) is 0 Å². The van der Waals surface area contributed by atoms with Gasteiger partial charge in [0.1, 0.15) is 5.75 Å². The van der Waals surface area contributed by atoms with Gasteiger partial charge in [-0.15, -0.1) is 0 Å². The summed E-state index contributed by atoms with van der Waals surface area (Å²) in [5, 5.41) is 0.737. The minimum absolute atomic E-state index is 0.235. The van der Waals surface area contributed by atoms with Crippen LogP contribution in [-0.4, -0.2) is 31.6 Å². The maximum Gasteiger partial charge on any atom is 0.123 e. The third-order valence-electron chi connectivity index (χ3n) is 2.65. The van der Waals surface area contributed by atoms with Crippen LogP contribution in [0.15, 0.2) is 18.2 Å². The Morgan fingerprint density at radius 2 is 2.18 bits per heavy atom. The zero-order valence-corrected chi connectivity index (χ0v) is 11.5. The van der Waals surface area contributed by atoms with Crippen molar-refractivity contribution in [2.75, 3.05) is 20.7 Å². The van der Waals surface area contributed by atoms with Gasteiger partial charge in [0, 0.05) is 23.2 Å². The summed E-state index contributed by atoms with van der Waals surface area (Å²) in [7, 11) is 3.75. The van der Waals surface area contributed by atoms with Crippen molar-refractivity contribution in [3.8, 4) is 5.75 Å². The molecule has 0 fully saturated rings. The van der Waals surface area contributed by atoms with Gasteiger partial charge in [-0.1, -0.05) is 11.6 Å². The number of rotatable bonds is 6. The van der Waals surface area contributed by atoms with E-state index in [0.717, 1.165) is 35.8 Å². The molecule has 0 heterocycles. The second kappa shape index (κ2) is 6.84. The molecule has 1 aromatic carbocycles. The molecule has 17 heavy (non-hydrogen) atoms. The average molecular weight is 257 g/mol. The summed E-state index contributed by atoms with van der Waals surface area (Å²) in [6, 6.07) is 5.92. The highest BCUT2D eigenvalue weighted by Gasteiger charge is 2.07. The van der Waals surface area contributed by atoms with E-state index >= 15 is 0 Å². The Morgan fingerprint density at radius 1 is 1.47 bits per heavy atom. The number of hydrogen-bond acceptors (Lipinski definition) is 3. The maximum atomic E-state index is 5.99. The molecule has 0 aliphatic carbocycles. The molecule has 0 bridgehead atoms. The molecule has 1 aromatic rings. The molecule has 4 heteroatoms. The Balaban J connectivity index is 2.63. The number of nitrogens with zero attached hydrogens (tertiary/aromatic N) is 1. The molecule has 0 spiro atoms. The van der Waals surface area contributed by atoms with E-state index in [1.54, 1.807) is 7.11 Å². The fourth-order valence-electron chi connectivity index (χ4n) is 1.66. The number of methoxy groups -OCH3 is 1. The predicted octanol–water partition coefficient (Wildman–Crippen LogP) is 2.52. The van der Waals surface area contributed by atoms with E-state index in [4.69, 9.17) is 22.1 Å². The van der Waals surface area contributed by atoms with Crippen molar-refractivity contribution in [1.82, 2.24) is 4.90 Å². The minimum Gasteiger partial charge on any atom is -0.496 e. The molecule has 0 aliphatic rings. The summed E-state index contributed by atoms with van der Waals surface area (Å²) in [6.45, 7) is 3.80. The van der Waals surface area contributed by atoms with Crippen molar-refractivity contribution < 1.29 is 4.74 Å². The Kier molecular flexibility index (Phi) is 5.75. The zero-order valence-electron chi connectivity index (χ0n) is 10.7. The Hall–Kier alpha value is -0.770. The number of nitrogens with two attached hydrogens (primary N) is 1. The molecule has 0 saturated carbocycles. The van der Waals surface area contributed by atoms with Crippen LogP contribution in [0.5, 0.6) is 5.75 Å². The molecule has 0 aliphatic heterocycles. The first kappa shape index (κ1) is 14.3. The van der Waals surface area contributed by atoms with Crippen molar-refractivity contribution in [2.24, 2.45) is 5.73 Å². The third-order valence-corrected chi connectivity index (χ3v) is 2.88. The second-order valence-electron chi connectivity index (χ2n) is 4.46. The number of hydrogen-bond donors (Lipinski definition) is 1. The molecule has 0 saturated heterocycles. The van der Waals surface area contributed by atoms with Crippen molar-refractivity contribution in [1.29, 1.82) is 0 Å². The smallest absolute Gasteiger partial charge is 0.123 e. The van der Waals surface area contributed by atoms with Gasteiger partial charge in [0.15, 0.2) is 0 Å². The van der Waals surface area contributed by atoms with Crippen LogP contribution in [0.25, 0.3) is 0 Å². The highest BCUT2D eigenvalue weighted by molar-refractivity contribution is 6.30. The first-order valence-electron chi connectivity index (χ1n) is 5.79. The molecular weight excluding hydrogens is 236 g/mol. The van der Waals surface area contributed by atoms with Crippen LogP contribution >= 0.6 is 11.6 Å². The van der Waals surface area contributed by atoms with Crippen LogP contribution in [0.2, 0.25) is 5.02 Å². The lowest BCUT2D eigenvalue weighted by Gasteiger charge is -2.19. The van der Waals surface area contributed by atoms with Crippen LogP contribution in [0.4, 0.5) is 0 Å². The monoisotopic (exact) mass is 256 g/mol. The summed E-state index contributed by atoms with van der Waals surface area (Å²) >= 11 is 5.99. The van der Waals surface area contributed by atoms with E-state index in [0.29, 0.717) is 0 Å². The second-order valence-corrected chi connectivity index (χ2v) is 4.90. The SMILES string of the molecule is COc1ccc(Cl)cc1CN(C)CCC(C)N. The normalized spacial score (nSPS) is 12.8. The topological polar surface area (TPSA) is 38.5 Å². The fraction of sp³-hybridized carbons (Fsp3) is 0.538. The lowest BCUT2D eigenvalue weighted by Crippen LogP contribution is -2.25. The number of benzene rings is 1. The summed E-state index contributed by atoms with van der Waals surface area (Å²) in [5.41, 5.74) is 6.85. The van der Waals surface area contributed by atoms with Gasteiger partial charge >= 0.3 is 0 Å². The van der Waals surface area contributed by atoms with Gasteiger partial charge < -0.3 is 15.4 Å². The van der Waals surface area contributed by atoms with Crippen molar-refractivity contribution in [2.45, 2.75) is 25.9 Å². The van der Waals surface area contributed by atoms with Crippen molar-refractivity contribution >= 4 is 11.6 Å². The van der Waals surface area contributed by atoms with Crippen molar-refractivity contribution in [3.63, 3.8) is 0 Å². The van der Waals surface area contributed by atoms with E-state index in [9.17, 15) is 0 Å². The maximum absolute atomic E-state index is 5.99. The van der Waals surface area contributed by atoms with E-state index < -0.39 is 0 Å². The largest absolute Gasteiger partial charge is 0.496 e. The average Bonchev–Trinajstić information content (AvgIpc) is 2.27. The third kappa shape index (κ3) is 4.94. The number of ether oxygens (including phenoxy) is 1. The fourth-order valence-corrected chi connectivity index (χ4v) is 1.86. The summed E-state index contributed by atoms with van der Waals surface area (Å²) in [5.74, 6) is 0.877. The van der Waals surface area contributed by atoms with E-state index in [2.05, 4.69) is 11.9 Å². The predicted molar refractivity (Wildman–Crippen MR) is 72.6 cm³/mol. The molecule has 0 amide bonds. The van der Waals surface area contributed by atoms with Gasteiger partial charge in [-0.25, -0.2) is 0 Å². The first-order chi connectivity index (χ1) is 8.02. The number of halogens is 1. The van der Waals surface area contributed by atoms with E-state index in [1.807, 2.05) is 25.1 Å². The van der Waals surface area contributed by atoms with Gasteiger partial charge in [0.25, 0.3) is 0 Å². The van der Waals surface area contributed by atoms with Gasteiger partial charge in [0.05, 0.1) is 7.11 Å². The zero-order chi connectivity index (χ0) is 12.8. The molecule has 1 rings (SSSR count). The van der Waals surface area contributed by atoms with Gasteiger partial charge in [-0.05, 0) is 45.1 Å². The van der Waals surface area contributed by atoms with E-state index in [-0.39, 0.29) is 6.04 Å². The quantitative estimate of drug-likeness (QED) is 0.850. The summed E-state index contributed by atoms with van der Waals surface area (Å²) < 4.78 is 5.32. The molecule has 0 aromatic heterocycles. The molecule has 2 N–H and O–H groups in total. The minimum atomic E-state index is 0.235. The highest BCUT2D eigenvalue weighted by Crippen LogP contribution is 2.23. The molecule has 1 atom stereocenters.